The van der Waals surface area contributed by atoms with Gasteiger partial charge in [0.2, 0.25) is 0 Å². The predicted molar refractivity (Wildman–Crippen MR) is 86.0 cm³/mol. The maximum absolute atomic E-state index is 12.2. The number of fused-ring (bicyclic) bond motifs is 1. The molecule has 3 nitrogen and oxygen atoms in total. The van der Waals surface area contributed by atoms with Gasteiger partial charge in [-0.1, -0.05) is 42.5 Å². The second kappa shape index (κ2) is 5.60. The lowest BCUT2D eigenvalue weighted by atomic mass is 10.0. The van der Waals surface area contributed by atoms with Gasteiger partial charge >= 0.3 is 5.97 Å². The molecule has 3 heteroatoms. The zero-order valence-corrected chi connectivity index (χ0v) is 12.6. The minimum Gasteiger partial charge on any atom is -0.426 e. The molecule has 0 amide bonds. The molecule has 0 N–H and O–H groups in total. The minimum atomic E-state index is -0.409. The third-order valence-electron chi connectivity index (χ3n) is 3.73. The van der Waals surface area contributed by atoms with Gasteiger partial charge in [-0.15, -0.1) is 0 Å². The Morgan fingerprint density at radius 2 is 1.86 bits per heavy atom. The van der Waals surface area contributed by atoms with E-state index in [0.29, 0.717) is 17.8 Å². The highest BCUT2D eigenvalue weighted by molar-refractivity contribution is 6.09. The van der Waals surface area contributed by atoms with Crippen LogP contribution in [0.25, 0.3) is 16.8 Å². The minimum absolute atomic E-state index is 0.0123. The van der Waals surface area contributed by atoms with Crippen LogP contribution in [0.3, 0.4) is 0 Å². The third kappa shape index (κ3) is 2.58. The molecular weight excluding hydrogens is 276 g/mol. The summed E-state index contributed by atoms with van der Waals surface area (Å²) in [5.41, 5.74) is 2.22. The number of allylic oxidation sites excluding steroid dienone is 2. The maximum atomic E-state index is 12.2. The summed E-state index contributed by atoms with van der Waals surface area (Å²) in [6, 6.07) is 13.9. The third-order valence-corrected chi connectivity index (χ3v) is 3.73. The summed E-state index contributed by atoms with van der Waals surface area (Å²) in [6.45, 7) is 3.17. The number of esters is 1. The Labute approximate surface area is 128 Å². The summed E-state index contributed by atoms with van der Waals surface area (Å²) in [4.78, 5) is 23.5. The Hall–Kier alpha value is -2.68. The number of rotatable bonds is 2. The van der Waals surface area contributed by atoms with E-state index in [1.807, 2.05) is 55.5 Å². The van der Waals surface area contributed by atoms with Crippen molar-refractivity contribution in [2.24, 2.45) is 0 Å². The second-order valence-corrected chi connectivity index (χ2v) is 5.43. The van der Waals surface area contributed by atoms with Gasteiger partial charge in [0.15, 0.2) is 5.78 Å². The highest BCUT2D eigenvalue weighted by Crippen LogP contribution is 2.32. The average Bonchev–Trinajstić information content (AvgIpc) is 2.74. The van der Waals surface area contributed by atoms with E-state index in [-0.39, 0.29) is 5.78 Å². The molecule has 3 rings (SSSR count). The Bertz CT molecular complexity index is 835. The number of carbonyl (C=O) groups excluding carboxylic acids is 2. The molecule has 0 radical (unpaired) electrons. The van der Waals surface area contributed by atoms with E-state index >= 15 is 0 Å². The first kappa shape index (κ1) is 14.3. The van der Waals surface area contributed by atoms with Crippen molar-refractivity contribution >= 4 is 28.6 Å². The summed E-state index contributed by atoms with van der Waals surface area (Å²) >= 11 is 0. The lowest BCUT2D eigenvalue weighted by Gasteiger charge is -2.07. The molecule has 22 heavy (non-hydrogen) atoms. The molecule has 0 saturated heterocycles. The van der Waals surface area contributed by atoms with Crippen LogP contribution in [0.1, 0.15) is 25.8 Å². The van der Waals surface area contributed by atoms with Crippen LogP contribution in [-0.4, -0.2) is 11.8 Å². The standard InChI is InChI=1S/C19H16O3/c1-12-10-18(21)17(19(12)22-13(2)20)11-15-8-5-7-14-6-3-4-9-16(14)15/h3-9,11H,10H2,1-2H3/b17-11-. The van der Waals surface area contributed by atoms with E-state index in [9.17, 15) is 9.59 Å². The van der Waals surface area contributed by atoms with E-state index in [1.165, 1.54) is 6.92 Å². The predicted octanol–water partition coefficient (Wildman–Crippen LogP) is 4.03. The van der Waals surface area contributed by atoms with Crippen LogP contribution in [0, 0.1) is 0 Å². The van der Waals surface area contributed by atoms with Gasteiger partial charge in [-0.2, -0.15) is 0 Å². The average molecular weight is 292 g/mol. The van der Waals surface area contributed by atoms with Crippen molar-refractivity contribution in [3.8, 4) is 0 Å². The van der Waals surface area contributed by atoms with Gasteiger partial charge in [0.05, 0.1) is 5.57 Å². The smallest absolute Gasteiger partial charge is 0.308 e. The highest BCUT2D eigenvalue weighted by Gasteiger charge is 2.27. The van der Waals surface area contributed by atoms with Crippen molar-refractivity contribution in [2.45, 2.75) is 20.3 Å². The summed E-state index contributed by atoms with van der Waals surface area (Å²) in [5, 5.41) is 2.18. The monoisotopic (exact) mass is 292 g/mol. The van der Waals surface area contributed by atoms with Crippen LogP contribution in [0.15, 0.2) is 59.4 Å². The molecule has 2 aromatic rings. The Morgan fingerprint density at radius 1 is 1.14 bits per heavy atom. The molecular formula is C19H16O3. The lowest BCUT2D eigenvalue weighted by molar-refractivity contribution is -0.136. The molecule has 0 aromatic heterocycles. The summed E-state index contributed by atoms with van der Waals surface area (Å²) in [7, 11) is 0. The molecule has 0 fully saturated rings. The van der Waals surface area contributed by atoms with Crippen LogP contribution >= 0.6 is 0 Å². The molecule has 0 spiro atoms. The molecule has 1 aliphatic carbocycles. The van der Waals surface area contributed by atoms with Crippen molar-refractivity contribution in [3.63, 3.8) is 0 Å². The molecule has 1 aliphatic rings. The van der Waals surface area contributed by atoms with Gasteiger partial charge in [0.25, 0.3) is 0 Å². The van der Waals surface area contributed by atoms with E-state index in [2.05, 4.69) is 0 Å². The largest absolute Gasteiger partial charge is 0.426 e. The van der Waals surface area contributed by atoms with E-state index in [1.54, 1.807) is 0 Å². The van der Waals surface area contributed by atoms with Crippen molar-refractivity contribution < 1.29 is 14.3 Å². The van der Waals surface area contributed by atoms with Crippen molar-refractivity contribution in [1.29, 1.82) is 0 Å². The molecule has 2 aromatic carbocycles. The van der Waals surface area contributed by atoms with E-state index < -0.39 is 5.97 Å². The van der Waals surface area contributed by atoms with Gasteiger partial charge in [0.1, 0.15) is 5.76 Å². The number of benzene rings is 2. The number of carbonyl (C=O) groups is 2. The lowest BCUT2D eigenvalue weighted by Crippen LogP contribution is -2.03. The first-order valence-corrected chi connectivity index (χ1v) is 7.17. The van der Waals surface area contributed by atoms with Crippen molar-refractivity contribution in [1.82, 2.24) is 0 Å². The maximum Gasteiger partial charge on any atom is 0.308 e. The van der Waals surface area contributed by atoms with Crippen LogP contribution in [0.5, 0.6) is 0 Å². The zero-order valence-electron chi connectivity index (χ0n) is 12.6. The van der Waals surface area contributed by atoms with Gasteiger partial charge in [-0.3, -0.25) is 9.59 Å². The number of hydrogen-bond donors (Lipinski definition) is 0. The molecule has 0 saturated carbocycles. The normalized spacial score (nSPS) is 16.6. The molecule has 0 aliphatic heterocycles. The van der Waals surface area contributed by atoms with Gasteiger partial charge in [-0.25, -0.2) is 0 Å². The fourth-order valence-corrected chi connectivity index (χ4v) is 2.74. The Balaban J connectivity index is 2.13. The molecule has 0 unspecified atom stereocenters. The second-order valence-electron chi connectivity index (χ2n) is 5.43. The molecule has 0 heterocycles. The first-order valence-electron chi connectivity index (χ1n) is 7.17. The summed E-state index contributed by atoms with van der Waals surface area (Å²) in [6.07, 6.45) is 2.12. The number of ketones is 1. The molecule has 0 bridgehead atoms. The first-order chi connectivity index (χ1) is 10.6. The van der Waals surface area contributed by atoms with Crippen molar-refractivity contribution in [3.05, 3.63) is 64.9 Å². The van der Waals surface area contributed by atoms with Gasteiger partial charge in [0, 0.05) is 13.3 Å². The van der Waals surface area contributed by atoms with E-state index in [4.69, 9.17) is 4.74 Å². The zero-order chi connectivity index (χ0) is 15.7. The van der Waals surface area contributed by atoms with Gasteiger partial charge < -0.3 is 4.74 Å². The highest BCUT2D eigenvalue weighted by atomic mass is 16.5. The topological polar surface area (TPSA) is 43.4 Å². The van der Waals surface area contributed by atoms with Crippen molar-refractivity contribution in [2.75, 3.05) is 0 Å². The summed E-state index contributed by atoms with van der Waals surface area (Å²) < 4.78 is 5.24. The number of hydrogen-bond acceptors (Lipinski definition) is 3. The van der Waals surface area contributed by atoms with Gasteiger partial charge in [-0.05, 0) is 34.9 Å². The molecule has 0 atom stereocenters. The number of ether oxygens (including phenoxy) is 1. The fourth-order valence-electron chi connectivity index (χ4n) is 2.74. The fraction of sp³-hybridized carbons (Fsp3) is 0.158. The van der Waals surface area contributed by atoms with Crippen LogP contribution in [0.4, 0.5) is 0 Å². The van der Waals surface area contributed by atoms with Crippen LogP contribution in [0.2, 0.25) is 0 Å². The molecule has 110 valence electrons. The van der Waals surface area contributed by atoms with E-state index in [0.717, 1.165) is 21.9 Å². The SMILES string of the molecule is CC(=O)OC1=C(C)CC(=O)/C1=C/c1cccc2ccccc12. The van der Waals surface area contributed by atoms with Crippen LogP contribution in [-0.2, 0) is 14.3 Å². The summed E-state index contributed by atoms with van der Waals surface area (Å²) in [5.74, 6) is -0.0139. The quantitative estimate of drug-likeness (QED) is 0.620. The Kier molecular flexibility index (Phi) is 3.63. The number of Topliss-reactive ketones (excluding diaryl/α,β-unsaturated/α-hetero) is 1. The van der Waals surface area contributed by atoms with Crippen LogP contribution < -0.4 is 0 Å². The Morgan fingerprint density at radius 3 is 2.64 bits per heavy atom.